The fraction of sp³-hybridized carbons (Fsp3) is 0.500. The molecule has 34 heavy (non-hydrogen) atoms. The molecule has 0 aliphatic carbocycles. The predicted molar refractivity (Wildman–Crippen MR) is 128 cm³/mol. The number of hydrogen-bond donors (Lipinski definition) is 1. The number of anilines is 1. The van der Waals surface area contributed by atoms with Gasteiger partial charge in [0, 0.05) is 34.6 Å². The van der Waals surface area contributed by atoms with Crippen LogP contribution in [0.1, 0.15) is 20.8 Å². The second-order valence-electron chi connectivity index (χ2n) is 8.79. The molecule has 3 rings (SSSR count). The lowest BCUT2D eigenvalue weighted by Gasteiger charge is -2.30. The van der Waals surface area contributed by atoms with E-state index in [1.807, 2.05) is 6.07 Å². The van der Waals surface area contributed by atoms with E-state index in [0.29, 0.717) is 24.7 Å². The number of hydrogen-bond acceptors (Lipinski definition) is 7. The molecule has 2 N–H and O–H groups in total. The molecule has 12 heteroatoms. The minimum atomic E-state index is -1.04. The molecule has 0 radical (unpaired) electrons. The number of primary amides is 1. The van der Waals surface area contributed by atoms with E-state index in [1.165, 1.54) is 18.0 Å². The van der Waals surface area contributed by atoms with Gasteiger partial charge in [0.15, 0.2) is 0 Å². The first-order valence-electron chi connectivity index (χ1n) is 10.7. The van der Waals surface area contributed by atoms with E-state index in [0.717, 1.165) is 27.9 Å². The van der Waals surface area contributed by atoms with Gasteiger partial charge in [-0.25, -0.2) is 23.2 Å². The first kappa shape index (κ1) is 25.8. The molecule has 1 fully saturated rings. The van der Waals surface area contributed by atoms with Gasteiger partial charge in [-0.3, -0.25) is 0 Å². The molecule has 1 aromatic carbocycles. The third-order valence-electron chi connectivity index (χ3n) is 5.29. The molecule has 2 aromatic rings. The van der Waals surface area contributed by atoms with Crippen molar-refractivity contribution in [1.82, 2.24) is 14.3 Å². The molecule has 0 spiro atoms. The number of carbonyl (C=O) groups excluding carboxylic acids is 1. The van der Waals surface area contributed by atoms with Crippen molar-refractivity contribution in [2.45, 2.75) is 27.3 Å². The van der Waals surface area contributed by atoms with Crippen molar-refractivity contribution in [3.05, 3.63) is 44.8 Å². The van der Waals surface area contributed by atoms with Crippen LogP contribution in [0.15, 0.2) is 39.1 Å². The quantitative estimate of drug-likeness (QED) is 0.572. The number of methoxy groups -OCH3 is 1. The topological polar surface area (TPSA) is 114 Å². The van der Waals surface area contributed by atoms with Crippen LogP contribution < -0.4 is 21.1 Å². The maximum absolute atomic E-state index is 15.0. The molecule has 1 saturated heterocycles. The highest BCUT2D eigenvalue weighted by Gasteiger charge is 2.24. The first-order chi connectivity index (χ1) is 16.0. The monoisotopic (exact) mass is 541 g/mol. The first-order valence-corrected chi connectivity index (χ1v) is 11.5. The summed E-state index contributed by atoms with van der Waals surface area (Å²) in [4.78, 5) is 26.4. The number of amides is 1. The Labute approximate surface area is 205 Å². The van der Waals surface area contributed by atoms with E-state index in [-0.39, 0.29) is 18.7 Å². The fourth-order valence-electron chi connectivity index (χ4n) is 3.59. The zero-order valence-electron chi connectivity index (χ0n) is 19.6. The van der Waals surface area contributed by atoms with E-state index >= 15 is 4.39 Å². The number of rotatable bonds is 7. The summed E-state index contributed by atoms with van der Waals surface area (Å²) in [6.45, 7) is 7.15. The number of allylic oxidation sites excluding steroid dienone is 1. The van der Waals surface area contributed by atoms with Crippen LogP contribution >= 0.6 is 15.9 Å². The number of nitrogens with two attached hydrogens (primary N) is 1. The number of nitrogens with zero attached hydrogens (tertiary/aromatic N) is 4. The number of carbonyl (C=O) groups is 1. The molecule has 0 saturated carbocycles. The Bertz CT molecular complexity index is 1130. The second kappa shape index (κ2) is 10.6. The Morgan fingerprint density at radius 1 is 1.26 bits per heavy atom. The summed E-state index contributed by atoms with van der Waals surface area (Å²) in [5, 5.41) is 4.14. The van der Waals surface area contributed by atoms with Gasteiger partial charge < -0.3 is 24.8 Å². The van der Waals surface area contributed by atoms with Gasteiger partial charge in [-0.1, -0.05) is 20.8 Å². The predicted octanol–water partition coefficient (Wildman–Crippen LogP) is 3.01. The summed E-state index contributed by atoms with van der Waals surface area (Å²) in [6.07, 6.45) is 0.301. The number of aromatic nitrogens is 3. The molecule has 2 heterocycles. The molecule has 0 unspecified atom stereocenters. The van der Waals surface area contributed by atoms with Gasteiger partial charge in [-0.05, 0) is 22.0 Å². The van der Waals surface area contributed by atoms with Crippen molar-refractivity contribution >= 4 is 27.7 Å². The van der Waals surface area contributed by atoms with Crippen molar-refractivity contribution in [2.24, 2.45) is 11.1 Å². The lowest BCUT2D eigenvalue weighted by Crippen LogP contribution is -2.36. The van der Waals surface area contributed by atoms with Crippen LogP contribution in [0.5, 0.6) is 5.75 Å². The summed E-state index contributed by atoms with van der Waals surface area (Å²) in [7, 11) is 1.52. The van der Waals surface area contributed by atoms with Crippen molar-refractivity contribution < 1.29 is 23.4 Å². The van der Waals surface area contributed by atoms with Crippen molar-refractivity contribution in [3.8, 4) is 11.4 Å². The number of morpholine rings is 1. The molecule has 1 aromatic heterocycles. The summed E-state index contributed by atoms with van der Waals surface area (Å²) in [6, 6.07) is 3.62. The largest absolute Gasteiger partial charge is 0.494 e. The molecule has 186 valence electrons. The number of halogens is 2. The van der Waals surface area contributed by atoms with E-state index in [1.54, 1.807) is 26.8 Å². The smallest absolute Gasteiger partial charge is 0.404 e. The minimum absolute atomic E-state index is 0.0921. The Balaban J connectivity index is 1.97. The standard InChI is InChI=1S/C22H29BrFN5O5/c1-22(2,3)19(24)14(12-34-20(25)30)11-29-21(31)28(13-26-29)17-9-15(23)16(10-18(17)32-4)27-5-7-33-8-6-27/h9-10,13H,5-8,11-12H2,1-4H3,(H2,25,30)/b19-14+. The van der Waals surface area contributed by atoms with E-state index < -0.39 is 23.0 Å². The average Bonchev–Trinajstić information content (AvgIpc) is 3.15. The van der Waals surface area contributed by atoms with Crippen LogP contribution in [0.25, 0.3) is 5.69 Å². The maximum Gasteiger partial charge on any atom is 0.404 e. The molecular formula is C22H29BrFN5O5. The van der Waals surface area contributed by atoms with Gasteiger partial charge in [-0.2, -0.15) is 5.10 Å². The van der Waals surface area contributed by atoms with Crippen LogP contribution in [-0.2, 0) is 16.0 Å². The molecule has 0 bridgehead atoms. The molecule has 10 nitrogen and oxygen atoms in total. The highest BCUT2D eigenvalue weighted by Crippen LogP contribution is 2.36. The maximum atomic E-state index is 15.0. The Morgan fingerprint density at radius 3 is 2.53 bits per heavy atom. The van der Waals surface area contributed by atoms with Crippen LogP contribution in [0.3, 0.4) is 0 Å². The Hall–Kier alpha value is -2.86. The normalized spacial score (nSPS) is 15.2. The molecule has 1 aliphatic heterocycles. The van der Waals surface area contributed by atoms with Gasteiger partial charge in [0.1, 0.15) is 24.5 Å². The van der Waals surface area contributed by atoms with Gasteiger partial charge >= 0.3 is 11.8 Å². The summed E-state index contributed by atoms with van der Waals surface area (Å²) < 4.78 is 34.0. The summed E-state index contributed by atoms with van der Waals surface area (Å²) in [5.41, 5.74) is 5.16. The van der Waals surface area contributed by atoms with Crippen molar-refractivity contribution in [3.63, 3.8) is 0 Å². The fourth-order valence-corrected chi connectivity index (χ4v) is 4.17. The third-order valence-corrected chi connectivity index (χ3v) is 5.93. The molecular weight excluding hydrogens is 513 g/mol. The average molecular weight is 542 g/mol. The van der Waals surface area contributed by atoms with Crippen LogP contribution in [0.2, 0.25) is 0 Å². The van der Waals surface area contributed by atoms with Gasteiger partial charge in [-0.15, -0.1) is 0 Å². The van der Waals surface area contributed by atoms with Gasteiger partial charge in [0.2, 0.25) is 0 Å². The van der Waals surface area contributed by atoms with E-state index in [9.17, 15) is 9.59 Å². The van der Waals surface area contributed by atoms with Crippen LogP contribution in [-0.4, -0.2) is 60.5 Å². The number of ether oxygens (including phenoxy) is 3. The molecule has 1 aliphatic rings. The van der Waals surface area contributed by atoms with Crippen molar-refractivity contribution in [1.29, 1.82) is 0 Å². The summed E-state index contributed by atoms with van der Waals surface area (Å²) >= 11 is 3.59. The third kappa shape index (κ3) is 5.79. The summed E-state index contributed by atoms with van der Waals surface area (Å²) in [5.74, 6) is -0.0366. The van der Waals surface area contributed by atoms with Gasteiger partial charge in [0.05, 0.1) is 38.2 Å². The number of benzene rings is 1. The Kier molecular flexibility index (Phi) is 8.03. The molecule has 0 atom stereocenters. The van der Waals surface area contributed by atoms with Crippen LogP contribution in [0.4, 0.5) is 14.9 Å². The molecule has 1 amide bonds. The second-order valence-corrected chi connectivity index (χ2v) is 9.65. The zero-order valence-corrected chi connectivity index (χ0v) is 21.2. The van der Waals surface area contributed by atoms with Crippen LogP contribution in [0, 0.1) is 5.41 Å². The zero-order chi connectivity index (χ0) is 25.0. The lowest BCUT2D eigenvalue weighted by molar-refractivity contribution is 0.122. The highest BCUT2D eigenvalue weighted by molar-refractivity contribution is 9.10. The van der Waals surface area contributed by atoms with E-state index in [2.05, 4.69) is 25.9 Å². The van der Waals surface area contributed by atoms with Gasteiger partial charge in [0.25, 0.3) is 0 Å². The lowest BCUT2D eigenvalue weighted by atomic mass is 9.92. The Morgan fingerprint density at radius 2 is 1.94 bits per heavy atom. The van der Waals surface area contributed by atoms with E-state index in [4.69, 9.17) is 19.9 Å². The minimum Gasteiger partial charge on any atom is -0.494 e. The van der Waals surface area contributed by atoms with Crippen molar-refractivity contribution in [2.75, 3.05) is 44.9 Å². The highest BCUT2D eigenvalue weighted by atomic mass is 79.9. The SMILES string of the molecule is COc1cc(N2CCOCC2)c(Br)cc1-n1cnn(C/C(COC(N)=O)=C(\F)C(C)(C)C)c1=O.